The number of hydrogen-bond acceptors (Lipinski definition) is 0. The molecule has 4 aromatic rings. The van der Waals surface area contributed by atoms with Crippen molar-refractivity contribution in [2.75, 3.05) is 0 Å². The van der Waals surface area contributed by atoms with E-state index in [1.54, 1.807) is 0 Å². The van der Waals surface area contributed by atoms with Crippen LogP contribution >= 0.6 is 0 Å². The van der Waals surface area contributed by atoms with Crippen molar-refractivity contribution >= 4 is 226 Å². The van der Waals surface area contributed by atoms with Crippen LogP contribution in [0.5, 0.6) is 0 Å². The van der Waals surface area contributed by atoms with Crippen LogP contribution in [0.25, 0.3) is 0 Å². The molecule has 4 aromatic carbocycles. The van der Waals surface area contributed by atoms with Crippen molar-refractivity contribution in [3.8, 4) is 0 Å². The van der Waals surface area contributed by atoms with Crippen molar-refractivity contribution in [2.45, 2.75) is 237 Å². The summed E-state index contributed by atoms with van der Waals surface area (Å²) < 4.78 is 5.98. The van der Waals surface area contributed by atoms with Gasteiger partial charge in [0, 0.05) is 142 Å². The molecular formula is C60H92Ge4Te6. The van der Waals surface area contributed by atoms with Gasteiger partial charge in [-0.05, 0) is 0 Å². The molecule has 0 bridgehead atoms. The SMILES string of the molecule is CC(C)c1cc(C(C)C)[c]([Ge])c(C(C)C)c1.CC(C)c1cc(C(C)C)[c]([Ge])c(C(C)C)c1.CC(C)c1cc(C(C)C)[c]([Ge])c(C(C)C)c1.CC(C)c1cc(C(C)C)[c]([Ge])c(C(C)C)c1.[Te].[Te].[Te].[Te].[Te].[Te]. The second-order valence-corrected chi connectivity index (χ2v) is 26.3. The van der Waals surface area contributed by atoms with Crippen molar-refractivity contribution in [3.63, 3.8) is 0 Å². The Morgan fingerprint density at radius 2 is 0.271 bits per heavy atom. The van der Waals surface area contributed by atoms with Crippen LogP contribution in [0.3, 0.4) is 0 Å². The maximum Gasteiger partial charge on any atom is 0 e. The summed E-state index contributed by atoms with van der Waals surface area (Å²) >= 11 is 9.09. The molecule has 0 aliphatic rings. The molecule has 384 valence electrons. The molecule has 0 fully saturated rings. The van der Waals surface area contributed by atoms with E-state index in [2.05, 4.69) is 281 Å². The van der Waals surface area contributed by atoms with Gasteiger partial charge in [-0.25, -0.2) is 0 Å². The molecule has 0 amide bonds. The zero-order valence-corrected chi connectivity index (χ0v) is 70.4. The van der Waals surface area contributed by atoms with Crippen LogP contribution < -0.4 is 17.6 Å². The number of hydrogen-bond donors (Lipinski definition) is 0. The average Bonchev–Trinajstić information content (AvgIpc) is 3.17. The number of rotatable bonds is 12. The predicted molar refractivity (Wildman–Crippen MR) is 331 cm³/mol. The van der Waals surface area contributed by atoms with E-state index in [0.29, 0.717) is 71.0 Å². The Kier molecular flexibility index (Phi) is 49.7. The molecule has 0 saturated heterocycles. The zero-order chi connectivity index (χ0) is 49.8. The van der Waals surface area contributed by atoms with Gasteiger partial charge in [0.25, 0.3) is 0 Å². The third kappa shape index (κ3) is 26.8. The van der Waals surface area contributed by atoms with Gasteiger partial charge in [-0.15, -0.1) is 0 Å². The van der Waals surface area contributed by atoms with Gasteiger partial charge in [-0.1, -0.05) is 0 Å². The summed E-state index contributed by atoms with van der Waals surface area (Å²) in [4.78, 5) is 0. The quantitative estimate of drug-likeness (QED) is 0.124. The first-order valence-corrected chi connectivity index (χ1v) is 29.1. The topological polar surface area (TPSA) is 0 Å². The summed E-state index contributed by atoms with van der Waals surface area (Å²) in [6.45, 7) is 54.8. The Balaban J connectivity index is -0.000000190. The van der Waals surface area contributed by atoms with E-state index in [1.165, 1.54) is 84.3 Å². The summed E-state index contributed by atoms with van der Waals surface area (Å²) in [5, 5.41) is 0. The molecule has 0 atom stereocenters. The minimum Gasteiger partial charge on any atom is 0 e. The van der Waals surface area contributed by atoms with Crippen LogP contribution in [0.15, 0.2) is 48.5 Å². The third-order valence-electron chi connectivity index (χ3n) is 12.5. The standard InChI is InChI=1S/4C15H23Ge.6Te/c4*1-9(2)12-7-13(10(3)4)15(16)14(8-12)11(5)6;;;;;;/h4*7-11H,1-6H3;;;;;;. The van der Waals surface area contributed by atoms with E-state index in [1.807, 2.05) is 0 Å². The van der Waals surface area contributed by atoms with E-state index in [0.717, 1.165) is 0 Å². The summed E-state index contributed by atoms with van der Waals surface area (Å²) in [6.07, 6.45) is 0. The van der Waals surface area contributed by atoms with E-state index < -0.39 is 0 Å². The molecule has 0 spiro atoms. The van der Waals surface area contributed by atoms with E-state index in [9.17, 15) is 0 Å². The third-order valence-corrected chi connectivity index (χ3v) is 17.4. The fraction of sp³-hybridized carbons (Fsp3) is 0.600. The molecule has 70 heavy (non-hydrogen) atoms. The molecule has 0 aromatic heterocycles. The molecular weight excluding hydrogens is 1780 g/mol. The van der Waals surface area contributed by atoms with Crippen LogP contribution in [-0.2, 0) is 0 Å². The van der Waals surface area contributed by atoms with E-state index in [4.69, 9.17) is 0 Å². The maximum atomic E-state index is 2.40. The second-order valence-electron chi connectivity index (χ2n) is 22.2. The summed E-state index contributed by atoms with van der Waals surface area (Å²) in [7, 11) is 0. The monoisotopic (exact) mass is 1890 g/mol. The fourth-order valence-electron chi connectivity index (χ4n) is 7.82. The van der Waals surface area contributed by atoms with Crippen molar-refractivity contribution in [1.82, 2.24) is 0 Å². The molecule has 0 nitrogen and oxygen atoms in total. The Hall–Kier alpha value is 3.79. The Morgan fingerprint density at radius 1 is 0.186 bits per heavy atom. The van der Waals surface area contributed by atoms with Crippen molar-refractivity contribution in [2.24, 2.45) is 0 Å². The predicted octanol–water partition coefficient (Wildman–Crippen LogP) is 13.1. The molecule has 0 heterocycles. The van der Waals surface area contributed by atoms with E-state index >= 15 is 0 Å². The fourth-order valence-corrected chi connectivity index (χ4v) is 13.9. The van der Waals surface area contributed by atoms with Gasteiger partial charge >= 0.3 is 436 Å². The summed E-state index contributed by atoms with van der Waals surface area (Å²) in [5.41, 5.74) is 18.1. The molecule has 4 rings (SSSR count). The molecule has 0 aliphatic heterocycles. The van der Waals surface area contributed by atoms with Crippen LogP contribution in [0.1, 0.15) is 304 Å². The largest absolute Gasteiger partial charge is 0 e. The normalized spacial score (nSPS) is 10.9. The van der Waals surface area contributed by atoms with Gasteiger partial charge in [0.2, 0.25) is 0 Å². The van der Waals surface area contributed by atoms with Gasteiger partial charge in [0.1, 0.15) is 0 Å². The minimum absolute atomic E-state index is 0. The van der Waals surface area contributed by atoms with Gasteiger partial charge in [-0.3, -0.25) is 0 Å². The first kappa shape index (κ1) is 85.1. The van der Waals surface area contributed by atoms with Crippen LogP contribution in [-0.4, -0.2) is 208 Å². The van der Waals surface area contributed by atoms with Gasteiger partial charge in [0.05, 0.1) is 0 Å². The smallest absolute Gasteiger partial charge is 0 e. The van der Waals surface area contributed by atoms with Crippen LogP contribution in [0.2, 0.25) is 0 Å². The van der Waals surface area contributed by atoms with E-state index in [-0.39, 0.29) is 142 Å². The van der Waals surface area contributed by atoms with Crippen LogP contribution in [0.4, 0.5) is 0 Å². The van der Waals surface area contributed by atoms with Crippen molar-refractivity contribution < 1.29 is 0 Å². The average molecular weight is 1870 g/mol. The van der Waals surface area contributed by atoms with Gasteiger partial charge < -0.3 is 0 Å². The number of benzene rings is 4. The first-order valence-electron chi connectivity index (χ1n) is 24.9. The Morgan fingerprint density at radius 3 is 0.329 bits per heavy atom. The molecule has 0 N–H and O–H groups in total. The van der Waals surface area contributed by atoms with Gasteiger partial charge in [0.15, 0.2) is 0 Å². The molecule has 24 radical (unpaired) electrons. The molecule has 0 aliphatic carbocycles. The molecule has 10 heteroatoms. The Labute approximate surface area is 569 Å². The van der Waals surface area contributed by atoms with Crippen LogP contribution in [0, 0.1) is 0 Å². The van der Waals surface area contributed by atoms with Crippen molar-refractivity contribution in [3.05, 3.63) is 115 Å². The zero-order valence-electron chi connectivity index (χ0n) is 48.0. The summed E-state index contributed by atoms with van der Waals surface area (Å²) in [5.74, 6) is 7.46. The second kappa shape index (κ2) is 40.9. The first-order chi connectivity index (χ1) is 29.4. The van der Waals surface area contributed by atoms with Crippen molar-refractivity contribution in [1.29, 1.82) is 0 Å². The molecule has 0 unspecified atom stereocenters. The Bertz CT molecular complexity index is 1650. The minimum atomic E-state index is 0. The summed E-state index contributed by atoms with van der Waals surface area (Å²) in [6, 6.07) is 19.2. The molecule has 0 saturated carbocycles. The van der Waals surface area contributed by atoms with Gasteiger partial charge in [-0.2, -0.15) is 0 Å². The maximum absolute atomic E-state index is 2.40.